The minimum absolute atomic E-state index is 0.125. The van der Waals surface area contributed by atoms with Crippen molar-refractivity contribution in [2.45, 2.75) is 32.2 Å². The van der Waals surface area contributed by atoms with Gasteiger partial charge in [0.25, 0.3) is 0 Å². The molecule has 0 aromatic carbocycles. The molecule has 1 fully saturated rings. The molecule has 0 bridgehead atoms. The number of rotatable bonds is 2. The van der Waals surface area contributed by atoms with E-state index in [9.17, 15) is 5.11 Å². The summed E-state index contributed by atoms with van der Waals surface area (Å²) in [5, 5.41) is 16.2. The number of nitrogens with zero attached hydrogens (tertiary/aromatic N) is 1. The van der Waals surface area contributed by atoms with E-state index in [4.69, 9.17) is 4.74 Å². The van der Waals surface area contributed by atoms with Crippen LogP contribution < -0.4 is 10.6 Å². The fourth-order valence-electron chi connectivity index (χ4n) is 2.15. The molecular formula is C12H23N3O2. The van der Waals surface area contributed by atoms with Gasteiger partial charge in [-0.3, -0.25) is 4.99 Å². The number of aliphatic hydroxyl groups is 1. The Balaban J connectivity index is 1.97. The molecule has 1 saturated heterocycles. The number of hydrogen-bond donors (Lipinski definition) is 3. The van der Waals surface area contributed by atoms with Crippen LogP contribution in [0.1, 0.15) is 26.7 Å². The maximum Gasteiger partial charge on any atom is 0.191 e. The Kier molecular flexibility index (Phi) is 3.58. The molecule has 2 aliphatic rings. The molecule has 0 spiro atoms. The van der Waals surface area contributed by atoms with E-state index in [0.717, 1.165) is 31.9 Å². The monoisotopic (exact) mass is 241 g/mol. The molecule has 5 nitrogen and oxygen atoms in total. The van der Waals surface area contributed by atoms with Crippen molar-refractivity contribution in [1.29, 1.82) is 0 Å². The van der Waals surface area contributed by atoms with E-state index in [1.807, 2.05) is 0 Å². The van der Waals surface area contributed by atoms with Crippen LogP contribution in [0.3, 0.4) is 0 Å². The highest BCUT2D eigenvalue weighted by Gasteiger charge is 2.34. The maximum atomic E-state index is 9.57. The van der Waals surface area contributed by atoms with Gasteiger partial charge < -0.3 is 20.5 Å². The van der Waals surface area contributed by atoms with Gasteiger partial charge in [-0.15, -0.1) is 0 Å². The van der Waals surface area contributed by atoms with E-state index < -0.39 is 0 Å². The van der Waals surface area contributed by atoms with Crippen LogP contribution in [-0.2, 0) is 4.74 Å². The first kappa shape index (κ1) is 12.6. The first-order chi connectivity index (χ1) is 8.05. The molecule has 3 N–H and O–H groups in total. The van der Waals surface area contributed by atoms with Gasteiger partial charge in [-0.1, -0.05) is 13.8 Å². The van der Waals surface area contributed by atoms with Gasteiger partial charge in [0.1, 0.15) is 0 Å². The first-order valence-electron chi connectivity index (χ1n) is 6.30. The van der Waals surface area contributed by atoms with Gasteiger partial charge >= 0.3 is 0 Å². The molecule has 0 radical (unpaired) electrons. The van der Waals surface area contributed by atoms with Crippen LogP contribution >= 0.6 is 0 Å². The molecule has 5 heteroatoms. The molecule has 0 saturated carbocycles. The summed E-state index contributed by atoms with van der Waals surface area (Å²) >= 11 is 0. The lowest BCUT2D eigenvalue weighted by atomic mass is 9.90. The standard InChI is InChI=1S/C12H23N3O2/c1-11(2)7-13-10(14-8-11)15-12(9-16)3-5-17-6-4-12/h16H,3-9H2,1-2H3,(H2,13,14,15). The molecule has 2 rings (SSSR count). The lowest BCUT2D eigenvalue weighted by Gasteiger charge is -2.39. The van der Waals surface area contributed by atoms with E-state index >= 15 is 0 Å². The van der Waals surface area contributed by atoms with Crippen molar-refractivity contribution < 1.29 is 9.84 Å². The van der Waals surface area contributed by atoms with Crippen LogP contribution in [0, 0.1) is 5.41 Å². The van der Waals surface area contributed by atoms with Crippen LogP contribution in [-0.4, -0.2) is 49.5 Å². The van der Waals surface area contributed by atoms with Crippen molar-refractivity contribution in [2.24, 2.45) is 10.4 Å². The quantitative estimate of drug-likeness (QED) is 0.641. The summed E-state index contributed by atoms with van der Waals surface area (Å²) in [6.07, 6.45) is 1.65. The zero-order valence-electron chi connectivity index (χ0n) is 10.8. The molecular weight excluding hydrogens is 218 g/mol. The van der Waals surface area contributed by atoms with Gasteiger partial charge in [0.2, 0.25) is 0 Å². The predicted molar refractivity (Wildman–Crippen MR) is 67.1 cm³/mol. The van der Waals surface area contributed by atoms with Gasteiger partial charge in [-0.25, -0.2) is 0 Å². The normalized spacial score (nSPS) is 26.9. The highest BCUT2D eigenvalue weighted by Crippen LogP contribution is 2.21. The molecule has 2 aliphatic heterocycles. The molecule has 0 aliphatic carbocycles. The van der Waals surface area contributed by atoms with Crippen molar-refractivity contribution in [1.82, 2.24) is 10.6 Å². The maximum absolute atomic E-state index is 9.57. The molecule has 0 aromatic rings. The van der Waals surface area contributed by atoms with Gasteiger partial charge in [-0.05, 0) is 12.8 Å². The fraction of sp³-hybridized carbons (Fsp3) is 0.917. The summed E-state index contributed by atoms with van der Waals surface area (Å²) in [5.41, 5.74) is -0.0429. The van der Waals surface area contributed by atoms with E-state index in [-0.39, 0.29) is 17.6 Å². The second-order valence-corrected chi connectivity index (χ2v) is 5.86. The smallest absolute Gasteiger partial charge is 0.191 e. The minimum atomic E-state index is -0.258. The Bertz CT molecular complexity index is 296. The first-order valence-corrected chi connectivity index (χ1v) is 6.30. The molecule has 0 atom stereocenters. The number of nitrogens with one attached hydrogen (secondary N) is 2. The van der Waals surface area contributed by atoms with Crippen molar-refractivity contribution in [2.75, 3.05) is 32.9 Å². The zero-order valence-corrected chi connectivity index (χ0v) is 10.8. The largest absolute Gasteiger partial charge is 0.394 e. The summed E-state index contributed by atoms with van der Waals surface area (Å²) in [5.74, 6) is 0.820. The SMILES string of the molecule is CC1(C)CN=C(NC2(CO)CCOCC2)NC1. The highest BCUT2D eigenvalue weighted by molar-refractivity contribution is 5.81. The second-order valence-electron chi connectivity index (χ2n) is 5.86. The van der Waals surface area contributed by atoms with Crippen molar-refractivity contribution in [3.8, 4) is 0 Å². The van der Waals surface area contributed by atoms with Crippen LogP contribution in [0.4, 0.5) is 0 Å². The third-order valence-corrected chi connectivity index (χ3v) is 3.54. The van der Waals surface area contributed by atoms with Crippen molar-refractivity contribution in [3.05, 3.63) is 0 Å². The number of aliphatic imine (C=N–C) groups is 1. The molecule has 0 amide bonds. The Morgan fingerprint density at radius 3 is 2.65 bits per heavy atom. The van der Waals surface area contributed by atoms with Gasteiger partial charge in [0.05, 0.1) is 12.1 Å². The molecule has 98 valence electrons. The summed E-state index contributed by atoms with van der Waals surface area (Å²) in [7, 11) is 0. The Labute approximate surface area is 103 Å². The van der Waals surface area contributed by atoms with Crippen LogP contribution in [0.5, 0.6) is 0 Å². The summed E-state index contributed by atoms with van der Waals surface area (Å²) in [4.78, 5) is 4.51. The predicted octanol–water partition coefficient (Wildman–Crippen LogP) is 0.103. The lowest BCUT2D eigenvalue weighted by Crippen LogP contribution is -2.59. The summed E-state index contributed by atoms with van der Waals surface area (Å²) in [6, 6.07) is 0. The third-order valence-electron chi connectivity index (χ3n) is 3.54. The van der Waals surface area contributed by atoms with E-state index in [2.05, 4.69) is 29.5 Å². The third kappa shape index (κ3) is 3.10. The summed E-state index contributed by atoms with van der Waals surface area (Å²) < 4.78 is 5.34. The summed E-state index contributed by atoms with van der Waals surface area (Å²) in [6.45, 7) is 7.64. The fourth-order valence-corrected chi connectivity index (χ4v) is 2.15. The number of aliphatic hydroxyl groups excluding tert-OH is 1. The Morgan fingerprint density at radius 2 is 2.12 bits per heavy atom. The van der Waals surface area contributed by atoms with Gasteiger partial charge in [0, 0.05) is 31.7 Å². The van der Waals surface area contributed by atoms with Gasteiger partial charge in [0.15, 0.2) is 5.96 Å². The van der Waals surface area contributed by atoms with Gasteiger partial charge in [-0.2, -0.15) is 0 Å². The molecule has 2 heterocycles. The molecule has 17 heavy (non-hydrogen) atoms. The van der Waals surface area contributed by atoms with Crippen LogP contribution in [0.15, 0.2) is 4.99 Å². The van der Waals surface area contributed by atoms with E-state index in [1.165, 1.54) is 0 Å². The van der Waals surface area contributed by atoms with Crippen LogP contribution in [0.25, 0.3) is 0 Å². The Morgan fingerprint density at radius 1 is 1.41 bits per heavy atom. The van der Waals surface area contributed by atoms with E-state index in [0.29, 0.717) is 13.2 Å². The topological polar surface area (TPSA) is 65.9 Å². The van der Waals surface area contributed by atoms with Crippen LogP contribution in [0.2, 0.25) is 0 Å². The number of guanidine groups is 1. The lowest BCUT2D eigenvalue weighted by molar-refractivity contribution is 0.0200. The van der Waals surface area contributed by atoms with E-state index in [1.54, 1.807) is 0 Å². The average Bonchev–Trinajstić information content (AvgIpc) is 2.33. The molecule has 0 aromatic heterocycles. The molecule has 0 unspecified atom stereocenters. The number of hydrogen-bond acceptors (Lipinski definition) is 5. The average molecular weight is 241 g/mol. The highest BCUT2D eigenvalue weighted by atomic mass is 16.5. The number of ether oxygens (including phenoxy) is 1. The second kappa shape index (κ2) is 4.82. The zero-order chi connectivity index (χ0) is 12.4. The Hall–Kier alpha value is -0.810. The van der Waals surface area contributed by atoms with Crippen molar-refractivity contribution >= 4 is 5.96 Å². The van der Waals surface area contributed by atoms with Crippen molar-refractivity contribution in [3.63, 3.8) is 0 Å². The minimum Gasteiger partial charge on any atom is -0.394 e.